The van der Waals surface area contributed by atoms with Crippen molar-refractivity contribution in [3.05, 3.63) is 44.8 Å². The lowest BCUT2D eigenvalue weighted by Crippen LogP contribution is -2.01. The molecule has 2 aromatic heterocycles. The van der Waals surface area contributed by atoms with Crippen molar-refractivity contribution in [1.29, 1.82) is 0 Å². The van der Waals surface area contributed by atoms with Gasteiger partial charge in [0.15, 0.2) is 0 Å². The van der Waals surface area contributed by atoms with Crippen molar-refractivity contribution in [2.75, 3.05) is 0 Å². The van der Waals surface area contributed by atoms with Crippen LogP contribution in [0.2, 0.25) is 0 Å². The molecule has 0 aliphatic rings. The van der Waals surface area contributed by atoms with E-state index in [0.717, 1.165) is 14.2 Å². The maximum atomic E-state index is 9.91. The summed E-state index contributed by atoms with van der Waals surface area (Å²) in [7, 11) is 0. The molecule has 1 N–H and O–H groups in total. The Morgan fingerprint density at radius 3 is 2.80 bits per heavy atom. The number of hydrogen-bond donors (Lipinski definition) is 1. The quantitative estimate of drug-likeness (QED) is 0.942. The summed E-state index contributed by atoms with van der Waals surface area (Å²) in [6.07, 6.45) is 3.28. The van der Waals surface area contributed by atoms with Gasteiger partial charge in [-0.3, -0.25) is 0 Å². The molecule has 2 rings (SSSR count). The molecule has 2 aromatic rings. The summed E-state index contributed by atoms with van der Waals surface area (Å²) >= 11 is 5.02. The highest BCUT2D eigenvalue weighted by Crippen LogP contribution is 2.26. The summed E-state index contributed by atoms with van der Waals surface area (Å²) in [6.45, 7) is 0. The first-order valence-electron chi connectivity index (χ1n) is 4.44. The van der Waals surface area contributed by atoms with Gasteiger partial charge in [0.1, 0.15) is 0 Å². The molecule has 1 unspecified atom stereocenters. The van der Waals surface area contributed by atoms with Gasteiger partial charge in [-0.05, 0) is 34.1 Å². The maximum Gasteiger partial charge on any atom is 0.0854 e. The van der Waals surface area contributed by atoms with Crippen LogP contribution in [0.1, 0.15) is 16.5 Å². The van der Waals surface area contributed by atoms with E-state index in [0.29, 0.717) is 6.42 Å². The average molecular weight is 285 g/mol. The smallest absolute Gasteiger partial charge is 0.0854 e. The van der Waals surface area contributed by atoms with Crippen LogP contribution in [-0.4, -0.2) is 15.3 Å². The van der Waals surface area contributed by atoms with Gasteiger partial charge in [0.05, 0.1) is 16.1 Å². The Balaban J connectivity index is 2.07. The Hall–Kier alpha value is -0.780. The van der Waals surface area contributed by atoms with Crippen LogP contribution < -0.4 is 0 Å². The summed E-state index contributed by atoms with van der Waals surface area (Å²) in [5, 5.41) is 17.3. The third-order valence-corrected chi connectivity index (χ3v) is 3.66. The highest BCUT2D eigenvalue weighted by molar-refractivity contribution is 9.11. The molecule has 0 aliphatic heterocycles. The van der Waals surface area contributed by atoms with Crippen LogP contribution in [0.3, 0.4) is 0 Å². The van der Waals surface area contributed by atoms with Crippen molar-refractivity contribution >= 4 is 27.3 Å². The van der Waals surface area contributed by atoms with E-state index in [4.69, 9.17) is 0 Å². The molecule has 0 bridgehead atoms. The number of rotatable bonds is 3. The molecule has 0 saturated carbocycles. The fourth-order valence-corrected chi connectivity index (χ4v) is 2.79. The van der Waals surface area contributed by atoms with Gasteiger partial charge in [0.2, 0.25) is 0 Å². The van der Waals surface area contributed by atoms with Crippen molar-refractivity contribution in [2.45, 2.75) is 12.5 Å². The highest BCUT2D eigenvalue weighted by Gasteiger charge is 2.09. The normalized spacial score (nSPS) is 12.7. The van der Waals surface area contributed by atoms with Gasteiger partial charge in [-0.2, -0.15) is 10.2 Å². The number of hydrogen-bond acceptors (Lipinski definition) is 4. The Kier molecular flexibility index (Phi) is 3.45. The van der Waals surface area contributed by atoms with Crippen LogP contribution in [0.4, 0.5) is 0 Å². The second-order valence-corrected chi connectivity index (χ2v) is 5.65. The van der Waals surface area contributed by atoms with Gasteiger partial charge in [-0.15, -0.1) is 11.3 Å². The maximum absolute atomic E-state index is 9.91. The first kappa shape index (κ1) is 10.7. The molecule has 0 amide bonds. The lowest BCUT2D eigenvalue weighted by Gasteiger charge is -2.07. The lowest BCUT2D eigenvalue weighted by molar-refractivity contribution is 0.179. The minimum Gasteiger partial charge on any atom is -0.388 e. The van der Waals surface area contributed by atoms with Crippen molar-refractivity contribution < 1.29 is 5.11 Å². The van der Waals surface area contributed by atoms with Crippen molar-refractivity contribution in [3.8, 4) is 0 Å². The predicted molar refractivity (Wildman–Crippen MR) is 62.7 cm³/mol. The lowest BCUT2D eigenvalue weighted by atomic mass is 10.1. The Bertz CT molecular complexity index is 432. The number of aliphatic hydroxyl groups excluding tert-OH is 1. The largest absolute Gasteiger partial charge is 0.388 e. The molecule has 5 heteroatoms. The molecule has 0 spiro atoms. The third kappa shape index (κ3) is 2.84. The molecule has 2 heterocycles. The average Bonchev–Trinajstić information content (AvgIpc) is 2.65. The molecule has 1 atom stereocenters. The molecular weight excluding hydrogens is 276 g/mol. The minimum absolute atomic E-state index is 0.508. The summed E-state index contributed by atoms with van der Waals surface area (Å²) in [4.78, 5) is 1.14. The molecule has 15 heavy (non-hydrogen) atoms. The number of thiophene rings is 1. The van der Waals surface area contributed by atoms with E-state index < -0.39 is 6.10 Å². The number of halogens is 1. The van der Waals surface area contributed by atoms with Gasteiger partial charge in [0.25, 0.3) is 0 Å². The number of aromatic nitrogens is 2. The van der Waals surface area contributed by atoms with Crippen LogP contribution >= 0.6 is 27.3 Å². The summed E-state index contributed by atoms with van der Waals surface area (Å²) in [6, 6.07) is 5.77. The summed E-state index contributed by atoms with van der Waals surface area (Å²) in [5.41, 5.74) is 0.800. The van der Waals surface area contributed by atoms with Crippen LogP contribution in [0.25, 0.3) is 0 Å². The monoisotopic (exact) mass is 284 g/mol. The zero-order valence-corrected chi connectivity index (χ0v) is 10.2. The topological polar surface area (TPSA) is 46.0 Å². The van der Waals surface area contributed by atoms with Crippen molar-refractivity contribution in [1.82, 2.24) is 10.2 Å². The van der Waals surface area contributed by atoms with E-state index >= 15 is 0 Å². The minimum atomic E-state index is -0.508. The van der Waals surface area contributed by atoms with Gasteiger partial charge >= 0.3 is 0 Å². The Labute approximate surface area is 99.9 Å². The van der Waals surface area contributed by atoms with Gasteiger partial charge in [0, 0.05) is 23.1 Å². The zero-order chi connectivity index (χ0) is 10.7. The Morgan fingerprint density at radius 1 is 1.33 bits per heavy atom. The van der Waals surface area contributed by atoms with E-state index in [1.807, 2.05) is 12.1 Å². The van der Waals surface area contributed by atoms with Crippen LogP contribution in [-0.2, 0) is 6.42 Å². The molecular formula is C10H9BrN2OS. The van der Waals surface area contributed by atoms with E-state index in [1.165, 1.54) is 0 Å². The fourth-order valence-electron chi connectivity index (χ4n) is 1.27. The predicted octanol–water partition coefficient (Wildman–Crippen LogP) is 2.58. The van der Waals surface area contributed by atoms with Crippen molar-refractivity contribution in [3.63, 3.8) is 0 Å². The van der Waals surface area contributed by atoms with Crippen LogP contribution in [0.5, 0.6) is 0 Å². The van der Waals surface area contributed by atoms with Gasteiger partial charge < -0.3 is 5.11 Å². The first-order valence-corrected chi connectivity index (χ1v) is 6.05. The standard InChI is InChI=1S/C10H9BrN2OS/c11-10-2-1-8(15-10)5-9(14)7-3-4-12-13-6-7/h1-4,6,9,14H,5H2. The van der Waals surface area contributed by atoms with E-state index in [-0.39, 0.29) is 0 Å². The third-order valence-electron chi connectivity index (χ3n) is 2.02. The molecule has 0 aliphatic carbocycles. The molecule has 0 aromatic carbocycles. The van der Waals surface area contributed by atoms with Gasteiger partial charge in [-0.1, -0.05) is 0 Å². The van der Waals surface area contributed by atoms with Crippen LogP contribution in [0, 0.1) is 0 Å². The molecule has 0 fully saturated rings. The van der Waals surface area contributed by atoms with Crippen LogP contribution in [0.15, 0.2) is 34.4 Å². The number of nitrogens with zero attached hydrogens (tertiary/aromatic N) is 2. The SMILES string of the molecule is OC(Cc1ccc(Br)s1)c1ccnnc1. The van der Waals surface area contributed by atoms with Crippen molar-refractivity contribution in [2.24, 2.45) is 0 Å². The summed E-state index contributed by atoms with van der Waals surface area (Å²) < 4.78 is 1.08. The first-order chi connectivity index (χ1) is 7.25. The zero-order valence-electron chi connectivity index (χ0n) is 7.80. The van der Waals surface area contributed by atoms with E-state index in [9.17, 15) is 5.11 Å². The molecule has 0 radical (unpaired) electrons. The van der Waals surface area contributed by atoms with Gasteiger partial charge in [-0.25, -0.2) is 0 Å². The molecule has 78 valence electrons. The summed E-state index contributed by atoms with van der Waals surface area (Å²) in [5.74, 6) is 0. The number of aliphatic hydroxyl groups is 1. The van der Waals surface area contributed by atoms with E-state index in [1.54, 1.807) is 29.8 Å². The molecule has 3 nitrogen and oxygen atoms in total. The highest BCUT2D eigenvalue weighted by atomic mass is 79.9. The Morgan fingerprint density at radius 2 is 2.20 bits per heavy atom. The fraction of sp³-hybridized carbons (Fsp3) is 0.200. The second-order valence-electron chi connectivity index (χ2n) is 3.10. The second kappa shape index (κ2) is 4.83. The van der Waals surface area contributed by atoms with E-state index in [2.05, 4.69) is 26.1 Å². The molecule has 0 saturated heterocycles.